The molecule has 0 aliphatic heterocycles. The van der Waals surface area contributed by atoms with Gasteiger partial charge in [0.25, 0.3) is 0 Å². The SMILES string of the molecule is CC(Cc1ccc(Cl)cc1)Nc1ccc(C(N)=O)cc1. The number of halogens is 1. The van der Waals surface area contributed by atoms with Crippen LogP contribution in [0, 0.1) is 0 Å². The van der Waals surface area contributed by atoms with Gasteiger partial charge in [-0.2, -0.15) is 0 Å². The number of benzene rings is 2. The highest BCUT2D eigenvalue weighted by atomic mass is 35.5. The van der Waals surface area contributed by atoms with Gasteiger partial charge in [0.05, 0.1) is 0 Å². The second-order valence-corrected chi connectivity index (χ2v) is 5.25. The van der Waals surface area contributed by atoms with E-state index in [1.807, 2.05) is 36.4 Å². The highest BCUT2D eigenvalue weighted by Gasteiger charge is 2.05. The van der Waals surface area contributed by atoms with Crippen LogP contribution in [0.25, 0.3) is 0 Å². The molecule has 0 fully saturated rings. The number of anilines is 1. The first-order valence-corrected chi connectivity index (χ1v) is 6.83. The lowest BCUT2D eigenvalue weighted by Crippen LogP contribution is -2.18. The quantitative estimate of drug-likeness (QED) is 0.885. The summed E-state index contributed by atoms with van der Waals surface area (Å²) in [6.45, 7) is 2.11. The molecule has 0 bridgehead atoms. The maximum Gasteiger partial charge on any atom is 0.248 e. The molecule has 104 valence electrons. The van der Waals surface area contributed by atoms with Crippen molar-refractivity contribution in [2.75, 3.05) is 5.32 Å². The molecule has 0 saturated heterocycles. The second kappa shape index (κ2) is 6.44. The van der Waals surface area contributed by atoms with Crippen molar-refractivity contribution in [3.05, 3.63) is 64.7 Å². The maximum absolute atomic E-state index is 11.0. The van der Waals surface area contributed by atoms with Gasteiger partial charge < -0.3 is 11.1 Å². The summed E-state index contributed by atoms with van der Waals surface area (Å²) in [6, 6.07) is 15.3. The molecule has 2 rings (SSSR count). The molecule has 4 heteroatoms. The summed E-state index contributed by atoms with van der Waals surface area (Å²) < 4.78 is 0. The average Bonchev–Trinajstić information content (AvgIpc) is 2.42. The minimum Gasteiger partial charge on any atom is -0.382 e. The van der Waals surface area contributed by atoms with Crippen LogP contribution < -0.4 is 11.1 Å². The van der Waals surface area contributed by atoms with Crippen molar-refractivity contribution < 1.29 is 4.79 Å². The van der Waals surface area contributed by atoms with Crippen LogP contribution in [-0.4, -0.2) is 11.9 Å². The Bertz CT molecular complexity index is 578. The molecule has 20 heavy (non-hydrogen) atoms. The molecule has 0 radical (unpaired) electrons. The Balaban J connectivity index is 1.95. The summed E-state index contributed by atoms with van der Waals surface area (Å²) in [5.74, 6) is -0.411. The molecule has 3 nitrogen and oxygen atoms in total. The van der Waals surface area contributed by atoms with E-state index in [0.717, 1.165) is 17.1 Å². The third kappa shape index (κ3) is 4.00. The summed E-state index contributed by atoms with van der Waals surface area (Å²) in [4.78, 5) is 11.0. The van der Waals surface area contributed by atoms with Crippen LogP contribution in [0.15, 0.2) is 48.5 Å². The largest absolute Gasteiger partial charge is 0.382 e. The van der Waals surface area contributed by atoms with Crippen LogP contribution in [0.3, 0.4) is 0 Å². The topological polar surface area (TPSA) is 55.1 Å². The van der Waals surface area contributed by atoms with Gasteiger partial charge >= 0.3 is 0 Å². The number of nitrogens with one attached hydrogen (secondary N) is 1. The average molecular weight is 289 g/mol. The van der Waals surface area contributed by atoms with Crippen LogP contribution in [0.1, 0.15) is 22.8 Å². The molecule has 0 saturated carbocycles. The van der Waals surface area contributed by atoms with Gasteiger partial charge in [-0.1, -0.05) is 23.7 Å². The summed E-state index contributed by atoms with van der Waals surface area (Å²) in [6.07, 6.45) is 0.898. The molecule has 2 aromatic carbocycles. The zero-order chi connectivity index (χ0) is 14.5. The van der Waals surface area contributed by atoms with Crippen molar-refractivity contribution in [3.63, 3.8) is 0 Å². The van der Waals surface area contributed by atoms with E-state index < -0.39 is 5.91 Å². The Morgan fingerprint density at radius 2 is 1.75 bits per heavy atom. The van der Waals surface area contributed by atoms with Gasteiger partial charge in [-0.25, -0.2) is 0 Å². The summed E-state index contributed by atoms with van der Waals surface area (Å²) in [7, 11) is 0. The smallest absolute Gasteiger partial charge is 0.248 e. The first-order chi connectivity index (χ1) is 9.54. The number of carbonyl (C=O) groups is 1. The minimum absolute atomic E-state index is 0.274. The molecule has 2 aromatic rings. The Labute approximate surface area is 123 Å². The molecule has 3 N–H and O–H groups in total. The third-order valence-corrected chi connectivity index (χ3v) is 3.29. The fourth-order valence-electron chi connectivity index (χ4n) is 2.04. The Morgan fingerprint density at radius 1 is 1.15 bits per heavy atom. The van der Waals surface area contributed by atoms with Crippen LogP contribution in [0.2, 0.25) is 5.02 Å². The van der Waals surface area contributed by atoms with E-state index in [1.165, 1.54) is 5.56 Å². The normalized spacial score (nSPS) is 11.9. The molecule has 0 aliphatic carbocycles. The van der Waals surface area contributed by atoms with Gasteiger partial charge in [0.1, 0.15) is 0 Å². The number of carbonyl (C=O) groups excluding carboxylic acids is 1. The minimum atomic E-state index is -0.411. The van der Waals surface area contributed by atoms with Gasteiger partial charge in [0, 0.05) is 22.3 Å². The zero-order valence-corrected chi connectivity index (χ0v) is 12.0. The highest BCUT2D eigenvalue weighted by Crippen LogP contribution is 2.14. The molecule has 0 spiro atoms. The van der Waals surface area contributed by atoms with Crippen LogP contribution >= 0.6 is 11.6 Å². The Morgan fingerprint density at radius 3 is 2.30 bits per heavy atom. The second-order valence-electron chi connectivity index (χ2n) is 4.82. The van der Waals surface area contributed by atoms with Crippen molar-refractivity contribution in [2.45, 2.75) is 19.4 Å². The number of primary amides is 1. The van der Waals surface area contributed by atoms with E-state index in [1.54, 1.807) is 12.1 Å². The van der Waals surface area contributed by atoms with E-state index in [2.05, 4.69) is 12.2 Å². The predicted octanol–water partition coefficient (Wildman–Crippen LogP) is 3.48. The molecular formula is C16H17ClN2O. The van der Waals surface area contributed by atoms with Crippen molar-refractivity contribution in [3.8, 4) is 0 Å². The number of amides is 1. The fourth-order valence-corrected chi connectivity index (χ4v) is 2.17. The van der Waals surface area contributed by atoms with E-state index in [0.29, 0.717) is 5.56 Å². The van der Waals surface area contributed by atoms with Crippen LogP contribution in [0.4, 0.5) is 5.69 Å². The fraction of sp³-hybridized carbons (Fsp3) is 0.188. The molecule has 1 atom stereocenters. The first-order valence-electron chi connectivity index (χ1n) is 6.45. The summed E-state index contributed by atoms with van der Waals surface area (Å²) in [5, 5.41) is 4.13. The van der Waals surface area contributed by atoms with Gasteiger partial charge in [-0.15, -0.1) is 0 Å². The van der Waals surface area contributed by atoms with Crippen molar-refractivity contribution in [1.82, 2.24) is 0 Å². The summed E-state index contributed by atoms with van der Waals surface area (Å²) >= 11 is 5.86. The monoisotopic (exact) mass is 288 g/mol. The summed E-state index contributed by atoms with van der Waals surface area (Å²) in [5.41, 5.74) is 7.92. The van der Waals surface area contributed by atoms with E-state index in [-0.39, 0.29) is 6.04 Å². The number of hydrogen-bond donors (Lipinski definition) is 2. The molecule has 0 heterocycles. The first kappa shape index (κ1) is 14.4. The molecule has 1 amide bonds. The van der Waals surface area contributed by atoms with Gasteiger partial charge in [-0.3, -0.25) is 4.79 Å². The standard InChI is InChI=1S/C16H17ClN2O/c1-11(10-12-2-6-14(17)7-3-12)19-15-8-4-13(5-9-15)16(18)20/h2-9,11,19H,10H2,1H3,(H2,18,20). The molecule has 1 unspecified atom stereocenters. The van der Waals surface area contributed by atoms with E-state index >= 15 is 0 Å². The lowest BCUT2D eigenvalue weighted by molar-refractivity contribution is 0.100. The maximum atomic E-state index is 11.0. The Kier molecular flexibility index (Phi) is 4.64. The lowest BCUT2D eigenvalue weighted by atomic mass is 10.1. The molecule has 0 aliphatic rings. The van der Waals surface area contributed by atoms with Gasteiger partial charge in [-0.05, 0) is 55.3 Å². The molecular weight excluding hydrogens is 272 g/mol. The van der Waals surface area contributed by atoms with Gasteiger partial charge in [0.15, 0.2) is 0 Å². The molecule has 0 aromatic heterocycles. The predicted molar refractivity (Wildman–Crippen MR) is 83.2 cm³/mol. The van der Waals surface area contributed by atoms with Crippen LogP contribution in [0.5, 0.6) is 0 Å². The number of rotatable bonds is 5. The lowest BCUT2D eigenvalue weighted by Gasteiger charge is -2.15. The highest BCUT2D eigenvalue weighted by molar-refractivity contribution is 6.30. The third-order valence-electron chi connectivity index (χ3n) is 3.04. The van der Waals surface area contributed by atoms with Crippen molar-refractivity contribution in [2.24, 2.45) is 5.73 Å². The van der Waals surface area contributed by atoms with Gasteiger partial charge in [0.2, 0.25) is 5.91 Å². The van der Waals surface area contributed by atoms with E-state index in [9.17, 15) is 4.79 Å². The van der Waals surface area contributed by atoms with Crippen molar-refractivity contribution in [1.29, 1.82) is 0 Å². The zero-order valence-electron chi connectivity index (χ0n) is 11.3. The van der Waals surface area contributed by atoms with Crippen LogP contribution in [-0.2, 0) is 6.42 Å². The van der Waals surface area contributed by atoms with E-state index in [4.69, 9.17) is 17.3 Å². The number of nitrogens with two attached hydrogens (primary N) is 1. The van der Waals surface area contributed by atoms with Crippen molar-refractivity contribution >= 4 is 23.2 Å². The number of hydrogen-bond acceptors (Lipinski definition) is 2. The Hall–Kier alpha value is -2.00.